The number of piperazine rings is 1. The van der Waals surface area contributed by atoms with Crippen LogP contribution in [0, 0.1) is 6.92 Å². The van der Waals surface area contributed by atoms with Crippen LogP contribution in [0.5, 0.6) is 5.75 Å². The zero-order valence-electron chi connectivity index (χ0n) is 22.0. The minimum Gasteiger partial charge on any atom is -0.462 e. The summed E-state index contributed by atoms with van der Waals surface area (Å²) >= 11 is 0. The Morgan fingerprint density at radius 2 is 1.70 bits per heavy atom. The van der Waals surface area contributed by atoms with E-state index in [2.05, 4.69) is 15.6 Å². The number of pyridine rings is 1. The molecule has 0 atom stereocenters. The van der Waals surface area contributed by atoms with Crippen molar-refractivity contribution in [3.05, 3.63) is 102 Å². The molecule has 0 spiro atoms. The summed E-state index contributed by atoms with van der Waals surface area (Å²) in [5, 5.41) is 6.16. The summed E-state index contributed by atoms with van der Waals surface area (Å²) in [7, 11) is 0. The molecule has 1 saturated heterocycles. The van der Waals surface area contributed by atoms with Crippen molar-refractivity contribution in [2.45, 2.75) is 6.92 Å². The molecule has 8 nitrogen and oxygen atoms in total. The fourth-order valence-electron chi connectivity index (χ4n) is 4.67. The zero-order valence-corrected chi connectivity index (χ0v) is 22.0. The zero-order chi connectivity index (χ0) is 27.5. The summed E-state index contributed by atoms with van der Waals surface area (Å²) in [6.45, 7) is 4.82. The average Bonchev–Trinajstić information content (AvgIpc) is 3.43. The number of anilines is 1. The van der Waals surface area contributed by atoms with E-state index in [0.29, 0.717) is 35.5 Å². The van der Waals surface area contributed by atoms with Crippen LogP contribution in [0.1, 0.15) is 15.9 Å². The second-order valence-electron chi connectivity index (χ2n) is 9.75. The van der Waals surface area contributed by atoms with Crippen LogP contribution in [-0.2, 0) is 0 Å². The van der Waals surface area contributed by atoms with Crippen molar-refractivity contribution in [3.63, 3.8) is 0 Å². The monoisotopic (exact) mass is 532 g/mol. The van der Waals surface area contributed by atoms with E-state index in [1.807, 2.05) is 67.6 Å². The van der Waals surface area contributed by atoms with Crippen molar-refractivity contribution >= 4 is 28.8 Å². The van der Waals surface area contributed by atoms with Gasteiger partial charge in [-0.25, -0.2) is 4.79 Å². The van der Waals surface area contributed by atoms with Crippen molar-refractivity contribution in [3.8, 4) is 28.0 Å². The van der Waals surface area contributed by atoms with Crippen LogP contribution in [0.3, 0.4) is 0 Å². The molecule has 0 saturated carbocycles. The Labute approximate surface area is 231 Å². The van der Waals surface area contributed by atoms with Crippen molar-refractivity contribution in [2.75, 3.05) is 31.5 Å². The lowest BCUT2D eigenvalue weighted by Gasteiger charge is -2.26. The number of nitrogens with one attached hydrogen (secondary N) is 2. The van der Waals surface area contributed by atoms with Gasteiger partial charge in [0.1, 0.15) is 17.5 Å². The van der Waals surface area contributed by atoms with Gasteiger partial charge in [0.25, 0.3) is 5.91 Å². The molecule has 1 aliphatic heterocycles. The van der Waals surface area contributed by atoms with Gasteiger partial charge in [0.05, 0.1) is 0 Å². The number of hydrogen-bond acceptors (Lipinski definition) is 6. The van der Waals surface area contributed by atoms with Gasteiger partial charge in [-0.3, -0.25) is 9.78 Å². The fourth-order valence-corrected chi connectivity index (χ4v) is 4.67. The highest BCUT2D eigenvalue weighted by atomic mass is 16.6. The Bertz CT molecular complexity index is 1670. The van der Waals surface area contributed by atoms with Gasteiger partial charge in [0.15, 0.2) is 5.58 Å². The van der Waals surface area contributed by atoms with Crippen molar-refractivity contribution in [2.24, 2.45) is 0 Å². The number of benzene rings is 3. The fraction of sp³-hybridized carbons (Fsp3) is 0.156. The van der Waals surface area contributed by atoms with Crippen LogP contribution < -0.4 is 15.4 Å². The molecule has 1 aliphatic rings. The molecule has 0 bridgehead atoms. The Hall–Kier alpha value is -4.95. The molecule has 3 heterocycles. The van der Waals surface area contributed by atoms with Crippen molar-refractivity contribution in [1.29, 1.82) is 0 Å². The molecule has 8 heteroatoms. The van der Waals surface area contributed by atoms with Crippen LogP contribution >= 0.6 is 0 Å². The number of carbonyl (C=O) groups is 2. The number of aromatic nitrogens is 1. The Morgan fingerprint density at radius 3 is 2.48 bits per heavy atom. The molecule has 2 amide bonds. The number of hydrogen-bond donors (Lipinski definition) is 2. The van der Waals surface area contributed by atoms with Gasteiger partial charge in [0.2, 0.25) is 0 Å². The van der Waals surface area contributed by atoms with E-state index in [-0.39, 0.29) is 12.0 Å². The maximum Gasteiger partial charge on any atom is 0.415 e. The summed E-state index contributed by atoms with van der Waals surface area (Å²) in [5.41, 5.74) is 7.21. The number of aryl methyl sites for hydroxylation is 1. The molecule has 1 fully saturated rings. The molecule has 40 heavy (non-hydrogen) atoms. The lowest BCUT2D eigenvalue weighted by molar-refractivity contribution is 0.102. The Morgan fingerprint density at radius 1 is 0.925 bits per heavy atom. The van der Waals surface area contributed by atoms with Gasteiger partial charge >= 0.3 is 6.09 Å². The lowest BCUT2D eigenvalue weighted by atomic mass is 10.0. The summed E-state index contributed by atoms with van der Waals surface area (Å²) < 4.78 is 11.4. The smallest absolute Gasteiger partial charge is 0.415 e. The predicted octanol–water partition coefficient (Wildman–Crippen LogP) is 6.13. The predicted molar refractivity (Wildman–Crippen MR) is 154 cm³/mol. The van der Waals surface area contributed by atoms with Crippen molar-refractivity contribution in [1.82, 2.24) is 15.2 Å². The Kier molecular flexibility index (Phi) is 6.99. The van der Waals surface area contributed by atoms with E-state index >= 15 is 0 Å². The highest BCUT2D eigenvalue weighted by Gasteiger charge is 2.18. The number of ether oxygens (including phenoxy) is 1. The number of fused-ring (bicyclic) bond motifs is 1. The minimum absolute atomic E-state index is 0.184. The molecule has 2 N–H and O–H groups in total. The Balaban J connectivity index is 1.18. The molecular weight excluding hydrogens is 504 g/mol. The first-order valence-electron chi connectivity index (χ1n) is 13.2. The molecule has 2 aromatic heterocycles. The molecule has 0 aliphatic carbocycles. The van der Waals surface area contributed by atoms with Crippen LogP contribution in [0.25, 0.3) is 33.4 Å². The average molecular weight is 533 g/mol. The number of rotatable bonds is 5. The third-order valence-electron chi connectivity index (χ3n) is 6.92. The maximum absolute atomic E-state index is 12.9. The lowest BCUT2D eigenvalue weighted by Crippen LogP contribution is -2.47. The molecule has 0 radical (unpaired) electrons. The van der Waals surface area contributed by atoms with E-state index in [9.17, 15) is 9.59 Å². The summed E-state index contributed by atoms with van der Waals surface area (Å²) in [5.74, 6) is 0.309. The number of furan rings is 1. The van der Waals surface area contributed by atoms with Gasteiger partial charge in [-0.05, 0) is 60.5 Å². The normalized spacial score (nSPS) is 13.3. The van der Waals surface area contributed by atoms with E-state index < -0.39 is 0 Å². The number of carbonyl (C=O) groups excluding carboxylic acids is 2. The molecule has 3 aromatic carbocycles. The highest BCUT2D eigenvalue weighted by molar-refractivity contribution is 6.05. The highest BCUT2D eigenvalue weighted by Crippen LogP contribution is 2.32. The first-order chi connectivity index (χ1) is 19.5. The first kappa shape index (κ1) is 25.3. The molecule has 5 aromatic rings. The summed E-state index contributed by atoms with van der Waals surface area (Å²) in [4.78, 5) is 31.6. The van der Waals surface area contributed by atoms with Crippen LogP contribution in [0.2, 0.25) is 0 Å². The molecule has 200 valence electrons. The first-order valence-corrected chi connectivity index (χ1v) is 13.2. The van der Waals surface area contributed by atoms with Crippen LogP contribution in [-0.4, -0.2) is 48.1 Å². The topological polar surface area (TPSA) is 96.7 Å². The van der Waals surface area contributed by atoms with E-state index in [1.54, 1.807) is 35.6 Å². The molecule has 6 rings (SSSR count). The van der Waals surface area contributed by atoms with E-state index in [4.69, 9.17) is 9.15 Å². The van der Waals surface area contributed by atoms with Gasteiger partial charge < -0.3 is 24.7 Å². The van der Waals surface area contributed by atoms with E-state index in [1.165, 1.54) is 0 Å². The maximum atomic E-state index is 12.9. The number of nitrogens with zero attached hydrogens (tertiary/aromatic N) is 2. The second kappa shape index (κ2) is 11.0. The number of amides is 2. The summed E-state index contributed by atoms with van der Waals surface area (Å²) in [6.07, 6.45) is 3.12. The largest absolute Gasteiger partial charge is 0.462 e. The third kappa shape index (κ3) is 5.43. The molecule has 0 unspecified atom stereocenters. The SMILES string of the molecule is Cc1ccc(NC(=O)c2cccc(-c3coc4cc(-c5ccc(OC(=O)N6CCNCC6)cc5)cnc34)c2)cc1. The van der Waals surface area contributed by atoms with Gasteiger partial charge in [0, 0.05) is 54.8 Å². The van der Waals surface area contributed by atoms with Gasteiger partial charge in [-0.1, -0.05) is 42.0 Å². The van der Waals surface area contributed by atoms with Crippen LogP contribution in [0.4, 0.5) is 10.5 Å². The van der Waals surface area contributed by atoms with Crippen molar-refractivity contribution < 1.29 is 18.7 Å². The minimum atomic E-state index is -0.336. The van der Waals surface area contributed by atoms with E-state index in [0.717, 1.165) is 46.6 Å². The summed E-state index contributed by atoms with van der Waals surface area (Å²) in [6, 6.07) is 24.4. The van der Waals surface area contributed by atoms with Crippen LogP contribution in [0.15, 0.2) is 95.7 Å². The van der Waals surface area contributed by atoms with Gasteiger partial charge in [-0.15, -0.1) is 0 Å². The van der Waals surface area contributed by atoms with Gasteiger partial charge in [-0.2, -0.15) is 0 Å². The molecular formula is C32H28N4O4. The quantitative estimate of drug-likeness (QED) is 0.283. The third-order valence-corrected chi connectivity index (χ3v) is 6.92. The standard InChI is InChI=1S/C32H28N4O4/c1-21-5-9-26(10-6-21)35-31(37)24-4-2-3-23(17-24)28-20-39-29-18-25(19-34-30(28)29)22-7-11-27(12-8-22)40-32(38)36-15-13-33-14-16-36/h2-12,17-20,33H,13-16H2,1H3,(H,35,37). The second-order valence-corrected chi connectivity index (χ2v) is 9.75.